The summed E-state index contributed by atoms with van der Waals surface area (Å²) in [6.45, 7) is 6.56. The molecule has 0 fully saturated rings. The van der Waals surface area contributed by atoms with E-state index in [9.17, 15) is 4.79 Å². The molecule has 1 aromatic heterocycles. The van der Waals surface area contributed by atoms with Crippen molar-refractivity contribution in [1.82, 2.24) is 0 Å². The summed E-state index contributed by atoms with van der Waals surface area (Å²) in [5.74, 6) is 1.78. The minimum atomic E-state index is 0.0199. The number of hydrogen-bond donors (Lipinski definition) is 0. The summed E-state index contributed by atoms with van der Waals surface area (Å²) in [4.78, 5) is 12.4. The number of benzene rings is 1. The van der Waals surface area contributed by atoms with Crippen LogP contribution in [0, 0.1) is 0 Å². The molecule has 132 valence electrons. The van der Waals surface area contributed by atoms with Gasteiger partial charge in [0.1, 0.15) is 5.58 Å². The Kier molecular flexibility index (Phi) is 5.27. The van der Waals surface area contributed by atoms with Gasteiger partial charge in [0.2, 0.25) is 6.79 Å². The highest BCUT2D eigenvalue weighted by Crippen LogP contribution is 2.37. The average Bonchev–Trinajstić information content (AvgIpc) is 3.17. The molecule has 0 aliphatic carbocycles. The van der Waals surface area contributed by atoms with E-state index in [1.807, 2.05) is 6.07 Å². The third-order valence-corrected chi connectivity index (χ3v) is 4.24. The molecule has 4 heteroatoms. The van der Waals surface area contributed by atoms with Gasteiger partial charge in [-0.15, -0.1) is 0 Å². The molecule has 0 saturated heterocycles. The quantitative estimate of drug-likeness (QED) is 0.471. The monoisotopic (exact) mass is 340 g/mol. The normalized spacial score (nSPS) is 13.3. The van der Waals surface area contributed by atoms with Crippen LogP contribution in [0.3, 0.4) is 0 Å². The smallest absolute Gasteiger partial charge is 0.231 e. The van der Waals surface area contributed by atoms with Crippen molar-refractivity contribution in [2.75, 3.05) is 6.79 Å². The average molecular weight is 340 g/mol. The Morgan fingerprint density at radius 3 is 2.48 bits per heavy atom. The van der Waals surface area contributed by atoms with Crippen LogP contribution in [0.2, 0.25) is 0 Å². The number of carbonyl (C=O) groups is 1. The van der Waals surface area contributed by atoms with Gasteiger partial charge < -0.3 is 13.9 Å². The molecular weight excluding hydrogens is 316 g/mol. The van der Waals surface area contributed by atoms with Crippen LogP contribution in [-0.4, -0.2) is 12.6 Å². The maximum Gasteiger partial charge on any atom is 0.231 e. The lowest BCUT2D eigenvalue weighted by atomic mass is 10.1. The maximum absolute atomic E-state index is 12.4. The van der Waals surface area contributed by atoms with Gasteiger partial charge in [-0.3, -0.25) is 4.79 Å². The van der Waals surface area contributed by atoms with E-state index in [0.717, 1.165) is 24.6 Å². The first-order valence-electron chi connectivity index (χ1n) is 8.68. The molecule has 2 aromatic rings. The number of furan rings is 1. The van der Waals surface area contributed by atoms with E-state index in [-0.39, 0.29) is 12.6 Å². The lowest BCUT2D eigenvalue weighted by Gasteiger charge is -1.99. The Bertz CT molecular complexity index is 794. The fraction of sp³-hybridized carbons (Fsp3) is 0.381. The molecule has 4 nitrogen and oxygen atoms in total. The van der Waals surface area contributed by atoms with Crippen LogP contribution < -0.4 is 9.47 Å². The van der Waals surface area contributed by atoms with Gasteiger partial charge in [-0.05, 0) is 52.2 Å². The maximum atomic E-state index is 12.4. The molecule has 3 rings (SSSR count). The van der Waals surface area contributed by atoms with E-state index in [4.69, 9.17) is 13.9 Å². The second-order valence-electron chi connectivity index (χ2n) is 6.69. The van der Waals surface area contributed by atoms with Crippen molar-refractivity contribution >= 4 is 16.8 Å². The minimum Gasteiger partial charge on any atom is -0.454 e. The zero-order valence-corrected chi connectivity index (χ0v) is 15.1. The van der Waals surface area contributed by atoms with Crippen LogP contribution in [0.1, 0.15) is 57.0 Å². The lowest BCUT2D eigenvalue weighted by molar-refractivity contribution is 0.0959. The second kappa shape index (κ2) is 7.60. The van der Waals surface area contributed by atoms with Crippen molar-refractivity contribution in [3.8, 4) is 11.5 Å². The van der Waals surface area contributed by atoms with Crippen molar-refractivity contribution in [1.29, 1.82) is 0 Å². The molecule has 0 unspecified atom stereocenters. The largest absolute Gasteiger partial charge is 0.454 e. The molecule has 0 radical (unpaired) electrons. The molecule has 25 heavy (non-hydrogen) atoms. The van der Waals surface area contributed by atoms with Gasteiger partial charge in [0.05, 0.1) is 0 Å². The summed E-state index contributed by atoms with van der Waals surface area (Å²) in [6, 6.07) is 5.41. The highest BCUT2D eigenvalue weighted by molar-refractivity contribution is 5.98. The molecule has 1 aliphatic rings. The molecular formula is C21H24O4. The molecule has 0 N–H and O–H groups in total. The zero-order valence-electron chi connectivity index (χ0n) is 15.1. The molecule has 1 aliphatic heterocycles. The van der Waals surface area contributed by atoms with E-state index in [1.165, 1.54) is 11.1 Å². The van der Waals surface area contributed by atoms with Gasteiger partial charge in [0.15, 0.2) is 23.0 Å². The minimum absolute atomic E-state index is 0.0199. The molecule has 0 atom stereocenters. The van der Waals surface area contributed by atoms with E-state index in [0.29, 0.717) is 29.3 Å². The molecule has 1 aromatic carbocycles. The lowest BCUT2D eigenvalue weighted by Crippen LogP contribution is -1.95. The summed E-state index contributed by atoms with van der Waals surface area (Å²) in [5.41, 5.74) is 3.32. The third-order valence-electron chi connectivity index (χ3n) is 4.24. The fourth-order valence-corrected chi connectivity index (χ4v) is 2.83. The molecule has 0 spiro atoms. The molecule has 0 amide bonds. The van der Waals surface area contributed by atoms with Gasteiger partial charge in [0, 0.05) is 17.9 Å². The highest BCUT2D eigenvalue weighted by atomic mass is 16.7. The number of fused-ring (bicyclic) bond motifs is 2. The Morgan fingerprint density at radius 1 is 1.00 bits per heavy atom. The first-order valence-corrected chi connectivity index (χ1v) is 8.68. The predicted molar refractivity (Wildman–Crippen MR) is 98.3 cm³/mol. The Labute approximate surface area is 148 Å². The van der Waals surface area contributed by atoms with Gasteiger partial charge >= 0.3 is 0 Å². The van der Waals surface area contributed by atoms with Crippen LogP contribution in [0.5, 0.6) is 11.5 Å². The SMILES string of the molecule is CC(C)=CCC/C(C)=C/CCC(=O)c1cc2cc3c(cc2o1)OCO3. The molecule has 2 heterocycles. The van der Waals surface area contributed by atoms with Crippen LogP contribution in [0.25, 0.3) is 11.0 Å². The summed E-state index contributed by atoms with van der Waals surface area (Å²) < 4.78 is 16.4. The first-order chi connectivity index (χ1) is 12.0. The number of Topliss-reactive ketones (excluding diaryl/α,β-unsaturated/α-hetero) is 1. The fourth-order valence-electron chi connectivity index (χ4n) is 2.83. The summed E-state index contributed by atoms with van der Waals surface area (Å²) >= 11 is 0. The Hall–Kier alpha value is -2.49. The Balaban J connectivity index is 1.58. The van der Waals surface area contributed by atoms with Gasteiger partial charge in [-0.25, -0.2) is 0 Å². The number of carbonyl (C=O) groups excluding carboxylic acids is 1. The first kappa shape index (κ1) is 17.3. The Morgan fingerprint density at radius 2 is 1.72 bits per heavy atom. The zero-order chi connectivity index (χ0) is 17.8. The number of rotatable bonds is 7. The van der Waals surface area contributed by atoms with Crippen molar-refractivity contribution in [3.63, 3.8) is 0 Å². The van der Waals surface area contributed by atoms with E-state index in [2.05, 4.69) is 32.9 Å². The van der Waals surface area contributed by atoms with Crippen molar-refractivity contribution in [3.05, 3.63) is 47.3 Å². The summed E-state index contributed by atoms with van der Waals surface area (Å²) in [5, 5.41) is 0.862. The highest BCUT2D eigenvalue weighted by Gasteiger charge is 2.18. The number of hydrogen-bond acceptors (Lipinski definition) is 4. The van der Waals surface area contributed by atoms with Crippen LogP contribution in [0.15, 0.2) is 45.9 Å². The van der Waals surface area contributed by atoms with Gasteiger partial charge in [0.25, 0.3) is 0 Å². The van der Waals surface area contributed by atoms with Crippen molar-refractivity contribution in [2.24, 2.45) is 0 Å². The summed E-state index contributed by atoms with van der Waals surface area (Å²) in [6.07, 6.45) is 7.66. The van der Waals surface area contributed by atoms with Crippen molar-refractivity contribution < 1.29 is 18.7 Å². The van der Waals surface area contributed by atoms with Gasteiger partial charge in [-0.2, -0.15) is 0 Å². The van der Waals surface area contributed by atoms with Crippen LogP contribution in [0.4, 0.5) is 0 Å². The van der Waals surface area contributed by atoms with E-state index in [1.54, 1.807) is 12.1 Å². The molecule has 0 saturated carbocycles. The summed E-state index contributed by atoms with van der Waals surface area (Å²) in [7, 11) is 0. The van der Waals surface area contributed by atoms with Crippen molar-refractivity contribution in [2.45, 2.75) is 46.5 Å². The van der Waals surface area contributed by atoms with E-state index < -0.39 is 0 Å². The topological polar surface area (TPSA) is 48.7 Å². The van der Waals surface area contributed by atoms with Crippen LogP contribution in [-0.2, 0) is 0 Å². The predicted octanol–water partition coefficient (Wildman–Crippen LogP) is 5.82. The number of ether oxygens (including phenoxy) is 2. The van der Waals surface area contributed by atoms with E-state index >= 15 is 0 Å². The van der Waals surface area contributed by atoms with Gasteiger partial charge in [-0.1, -0.05) is 23.3 Å². The number of allylic oxidation sites excluding steroid dienone is 4. The second-order valence-corrected chi connectivity index (χ2v) is 6.69. The standard InChI is InChI=1S/C21H24O4/c1-14(2)6-4-7-15(3)8-5-9-17(22)19-10-16-11-20-21(24-13-23-20)12-18(16)25-19/h6,8,10-12H,4-5,7,9,13H2,1-3H3/b15-8+. The number of ketones is 1. The third kappa shape index (κ3) is 4.32. The molecule has 0 bridgehead atoms. The van der Waals surface area contributed by atoms with Crippen LogP contribution >= 0.6 is 0 Å².